The Labute approximate surface area is 125 Å². The summed E-state index contributed by atoms with van der Waals surface area (Å²) in [5.74, 6) is -1.89. The van der Waals surface area contributed by atoms with Crippen LogP contribution in [0.4, 0.5) is 8.78 Å². The van der Waals surface area contributed by atoms with Gasteiger partial charge in [-0.3, -0.25) is 0 Å². The van der Waals surface area contributed by atoms with Gasteiger partial charge in [-0.2, -0.15) is 4.31 Å². The minimum absolute atomic E-state index is 0.0677. The summed E-state index contributed by atoms with van der Waals surface area (Å²) in [5.41, 5.74) is 0. The zero-order valence-corrected chi connectivity index (χ0v) is 13.3. The number of hydrogen-bond donors (Lipinski definition) is 1. The van der Waals surface area contributed by atoms with Crippen LogP contribution in [0.5, 0.6) is 0 Å². The van der Waals surface area contributed by atoms with E-state index in [9.17, 15) is 17.2 Å². The number of halogens is 3. The highest BCUT2D eigenvalue weighted by Gasteiger charge is 2.36. The Morgan fingerprint density at radius 1 is 1.40 bits per heavy atom. The van der Waals surface area contributed by atoms with Crippen LogP contribution in [-0.4, -0.2) is 38.9 Å². The van der Waals surface area contributed by atoms with Gasteiger partial charge in [0.1, 0.15) is 16.5 Å². The van der Waals surface area contributed by atoms with Gasteiger partial charge in [-0.05, 0) is 41.9 Å². The van der Waals surface area contributed by atoms with Crippen molar-refractivity contribution in [2.75, 3.05) is 20.1 Å². The fraction of sp³-hybridized carbons (Fsp3) is 0.500. The molecule has 1 aliphatic heterocycles. The van der Waals surface area contributed by atoms with Crippen molar-refractivity contribution in [2.45, 2.75) is 23.8 Å². The minimum Gasteiger partial charge on any atom is -0.318 e. The maximum atomic E-state index is 13.8. The second-order valence-corrected chi connectivity index (χ2v) is 7.38. The standard InChI is InChI=1S/C12H15BrF2N2O2S/c1-16-7-8-3-2-4-17(8)20(18,19)12-5-9(13)10(14)6-11(12)15/h5-6,8,16H,2-4,7H2,1H3/t8-/m1/s1. The van der Waals surface area contributed by atoms with Crippen molar-refractivity contribution >= 4 is 26.0 Å². The van der Waals surface area contributed by atoms with E-state index in [1.54, 1.807) is 7.05 Å². The number of hydrogen-bond acceptors (Lipinski definition) is 3. The van der Waals surface area contributed by atoms with E-state index in [0.29, 0.717) is 19.2 Å². The van der Waals surface area contributed by atoms with E-state index in [-0.39, 0.29) is 10.5 Å². The molecule has 1 N–H and O–H groups in total. The molecule has 0 saturated carbocycles. The van der Waals surface area contributed by atoms with Gasteiger partial charge in [0.05, 0.1) is 4.47 Å². The lowest BCUT2D eigenvalue weighted by molar-refractivity contribution is 0.376. The molecular weight excluding hydrogens is 354 g/mol. The van der Waals surface area contributed by atoms with Crippen LogP contribution in [0.15, 0.2) is 21.5 Å². The summed E-state index contributed by atoms with van der Waals surface area (Å²) in [6.07, 6.45) is 1.46. The van der Waals surface area contributed by atoms with Gasteiger partial charge in [-0.15, -0.1) is 0 Å². The highest BCUT2D eigenvalue weighted by Crippen LogP contribution is 2.30. The third-order valence-corrected chi connectivity index (χ3v) is 5.90. The van der Waals surface area contributed by atoms with E-state index in [1.165, 1.54) is 4.31 Å². The summed E-state index contributed by atoms with van der Waals surface area (Å²) in [6.45, 7) is 0.854. The van der Waals surface area contributed by atoms with Crippen LogP contribution in [0.25, 0.3) is 0 Å². The first-order valence-electron chi connectivity index (χ1n) is 6.19. The van der Waals surface area contributed by atoms with E-state index in [0.717, 1.165) is 18.9 Å². The van der Waals surface area contributed by atoms with Crippen LogP contribution in [0.1, 0.15) is 12.8 Å². The lowest BCUT2D eigenvalue weighted by Gasteiger charge is -2.24. The van der Waals surface area contributed by atoms with Gasteiger partial charge < -0.3 is 5.32 Å². The lowest BCUT2D eigenvalue weighted by atomic mass is 10.2. The van der Waals surface area contributed by atoms with Crippen molar-refractivity contribution in [1.29, 1.82) is 0 Å². The zero-order valence-electron chi connectivity index (χ0n) is 10.9. The SMILES string of the molecule is CNC[C@H]1CCCN1S(=O)(=O)c1cc(Br)c(F)cc1F. The van der Waals surface area contributed by atoms with Crippen molar-refractivity contribution in [3.8, 4) is 0 Å². The molecule has 0 radical (unpaired) electrons. The van der Waals surface area contributed by atoms with E-state index in [4.69, 9.17) is 0 Å². The van der Waals surface area contributed by atoms with Crippen LogP contribution in [0.3, 0.4) is 0 Å². The summed E-state index contributed by atoms with van der Waals surface area (Å²) in [4.78, 5) is -0.492. The molecule has 0 spiro atoms. The van der Waals surface area contributed by atoms with E-state index < -0.39 is 26.6 Å². The number of benzene rings is 1. The molecular formula is C12H15BrF2N2O2S. The molecule has 0 unspecified atom stereocenters. The number of likely N-dealkylation sites (N-methyl/N-ethyl adjacent to an activating group) is 1. The molecule has 4 nitrogen and oxygen atoms in total. The Kier molecular flexibility index (Phi) is 4.78. The third-order valence-electron chi connectivity index (χ3n) is 3.32. The molecule has 0 bridgehead atoms. The Morgan fingerprint density at radius 3 is 2.75 bits per heavy atom. The van der Waals surface area contributed by atoms with Gasteiger partial charge in [0, 0.05) is 25.2 Å². The Hall–Kier alpha value is -0.570. The Bertz CT molecular complexity index is 610. The second kappa shape index (κ2) is 6.05. The summed E-state index contributed by atoms with van der Waals surface area (Å²) in [6, 6.07) is 1.36. The smallest absolute Gasteiger partial charge is 0.246 e. The zero-order chi connectivity index (χ0) is 14.9. The molecule has 2 rings (SSSR count). The van der Waals surface area contributed by atoms with Gasteiger partial charge in [0.2, 0.25) is 10.0 Å². The first-order chi connectivity index (χ1) is 9.37. The van der Waals surface area contributed by atoms with Gasteiger partial charge in [-0.1, -0.05) is 0 Å². The molecule has 8 heteroatoms. The van der Waals surface area contributed by atoms with Crippen molar-refractivity contribution < 1.29 is 17.2 Å². The minimum atomic E-state index is -3.96. The second-order valence-electron chi connectivity index (χ2n) is 4.67. The first kappa shape index (κ1) is 15.8. The maximum absolute atomic E-state index is 13.8. The summed E-state index contributed by atoms with van der Waals surface area (Å²) in [7, 11) is -2.22. The first-order valence-corrected chi connectivity index (χ1v) is 8.42. The molecule has 1 aromatic rings. The van der Waals surface area contributed by atoms with Crippen LogP contribution < -0.4 is 5.32 Å². The van der Waals surface area contributed by atoms with Crippen molar-refractivity contribution in [3.05, 3.63) is 28.2 Å². The van der Waals surface area contributed by atoms with Crippen LogP contribution in [0, 0.1) is 11.6 Å². The van der Waals surface area contributed by atoms with Crippen LogP contribution in [-0.2, 0) is 10.0 Å². The molecule has 1 aliphatic rings. The topological polar surface area (TPSA) is 49.4 Å². The van der Waals surface area contributed by atoms with Gasteiger partial charge in [-0.25, -0.2) is 17.2 Å². The van der Waals surface area contributed by atoms with E-state index >= 15 is 0 Å². The largest absolute Gasteiger partial charge is 0.318 e. The van der Waals surface area contributed by atoms with Crippen LogP contribution in [0.2, 0.25) is 0 Å². The molecule has 0 aromatic heterocycles. The number of sulfonamides is 1. The van der Waals surface area contributed by atoms with E-state index in [1.807, 2.05) is 0 Å². The van der Waals surface area contributed by atoms with Gasteiger partial charge in [0.15, 0.2) is 0 Å². The quantitative estimate of drug-likeness (QED) is 0.828. The predicted octanol–water partition coefficient (Wildman–Crippen LogP) is 2.10. The average Bonchev–Trinajstić information content (AvgIpc) is 2.83. The fourth-order valence-electron chi connectivity index (χ4n) is 2.39. The van der Waals surface area contributed by atoms with Crippen LogP contribution >= 0.6 is 15.9 Å². The molecule has 1 atom stereocenters. The van der Waals surface area contributed by atoms with Crippen molar-refractivity contribution in [2.24, 2.45) is 0 Å². The summed E-state index contributed by atoms with van der Waals surface area (Å²) < 4.78 is 53.3. The van der Waals surface area contributed by atoms with Gasteiger partial charge in [0.25, 0.3) is 0 Å². The number of nitrogens with zero attached hydrogens (tertiary/aromatic N) is 1. The molecule has 1 fully saturated rings. The van der Waals surface area contributed by atoms with Gasteiger partial charge >= 0.3 is 0 Å². The Balaban J connectivity index is 2.42. The number of rotatable bonds is 4. The molecule has 20 heavy (non-hydrogen) atoms. The Morgan fingerprint density at radius 2 is 2.10 bits per heavy atom. The van der Waals surface area contributed by atoms with Crippen molar-refractivity contribution in [1.82, 2.24) is 9.62 Å². The highest BCUT2D eigenvalue weighted by atomic mass is 79.9. The van der Waals surface area contributed by atoms with E-state index in [2.05, 4.69) is 21.2 Å². The lowest BCUT2D eigenvalue weighted by Crippen LogP contribution is -2.41. The molecule has 0 amide bonds. The summed E-state index contributed by atoms with van der Waals surface area (Å²) in [5, 5.41) is 2.93. The molecule has 0 aliphatic carbocycles. The molecule has 112 valence electrons. The molecule has 1 saturated heterocycles. The fourth-order valence-corrected chi connectivity index (χ4v) is 4.66. The van der Waals surface area contributed by atoms with Crippen molar-refractivity contribution in [3.63, 3.8) is 0 Å². The normalized spacial score (nSPS) is 20.5. The highest BCUT2D eigenvalue weighted by molar-refractivity contribution is 9.10. The summed E-state index contributed by atoms with van der Waals surface area (Å²) >= 11 is 2.89. The maximum Gasteiger partial charge on any atom is 0.246 e. The third kappa shape index (κ3) is 2.88. The molecule has 1 aromatic carbocycles. The average molecular weight is 369 g/mol. The monoisotopic (exact) mass is 368 g/mol. The predicted molar refractivity (Wildman–Crippen MR) is 74.9 cm³/mol. The molecule has 1 heterocycles. The number of nitrogens with one attached hydrogen (secondary N) is 1.